The van der Waals surface area contributed by atoms with Crippen LogP contribution in [-0.2, 0) is 32.7 Å². The van der Waals surface area contributed by atoms with Crippen molar-refractivity contribution in [2.24, 2.45) is 5.73 Å². The molecule has 0 aliphatic heterocycles. The van der Waals surface area contributed by atoms with Gasteiger partial charge in [0.05, 0.1) is 13.2 Å². The van der Waals surface area contributed by atoms with Crippen LogP contribution < -0.4 is 5.73 Å². The van der Waals surface area contributed by atoms with Crippen LogP contribution in [0.4, 0.5) is 0 Å². The SMILES string of the molecule is CCC/C=C\C/C=C\CCCCCCCC(=O)OCC(COP(=O)(O)OCCN)OC(=O)CCCCCCCCCCCCCCCCCCCCCCCCCCCCCCC/C=C\C/C=C\CCCCCCC. The van der Waals surface area contributed by atoms with E-state index in [4.69, 9.17) is 24.3 Å². The number of phosphoric acid groups is 1. The molecule has 0 amide bonds. The van der Waals surface area contributed by atoms with E-state index < -0.39 is 32.5 Å². The van der Waals surface area contributed by atoms with Gasteiger partial charge in [-0.25, -0.2) is 4.57 Å². The summed E-state index contributed by atoms with van der Waals surface area (Å²) in [6.07, 6.45) is 76.6. The third kappa shape index (κ3) is 61.1. The van der Waals surface area contributed by atoms with Crippen LogP contribution in [0, 0.1) is 0 Å². The number of rotatable bonds is 61. The fraction of sp³-hybridized carbons (Fsp3) is 0.846. The highest BCUT2D eigenvalue weighted by Gasteiger charge is 2.26. The molecule has 0 aromatic heterocycles. The number of hydrogen-bond acceptors (Lipinski definition) is 8. The van der Waals surface area contributed by atoms with Crippen molar-refractivity contribution in [2.75, 3.05) is 26.4 Å². The van der Waals surface area contributed by atoms with Crippen LogP contribution in [0.5, 0.6) is 0 Å². The minimum absolute atomic E-state index is 0.0523. The van der Waals surface area contributed by atoms with Crippen LogP contribution in [0.3, 0.4) is 0 Å². The molecule has 0 aromatic carbocycles. The van der Waals surface area contributed by atoms with E-state index in [-0.39, 0.29) is 32.6 Å². The zero-order valence-corrected chi connectivity index (χ0v) is 50.2. The summed E-state index contributed by atoms with van der Waals surface area (Å²) < 4.78 is 33.0. The zero-order chi connectivity index (χ0) is 54.5. The Morgan fingerprint density at radius 3 is 1.07 bits per heavy atom. The van der Waals surface area contributed by atoms with E-state index in [2.05, 4.69) is 62.5 Å². The lowest BCUT2D eigenvalue weighted by atomic mass is 10.0. The Bertz CT molecular complexity index is 1370. The zero-order valence-electron chi connectivity index (χ0n) is 49.3. The Kier molecular flexibility index (Phi) is 59.5. The molecule has 0 heterocycles. The second-order valence-electron chi connectivity index (χ2n) is 21.6. The van der Waals surface area contributed by atoms with Gasteiger partial charge in [0.25, 0.3) is 0 Å². The maximum absolute atomic E-state index is 12.7. The summed E-state index contributed by atoms with van der Waals surface area (Å²) in [5.41, 5.74) is 5.38. The van der Waals surface area contributed by atoms with Crippen molar-refractivity contribution < 1.29 is 37.6 Å². The van der Waals surface area contributed by atoms with Gasteiger partial charge in [-0.3, -0.25) is 18.6 Å². The van der Waals surface area contributed by atoms with E-state index in [1.54, 1.807) is 0 Å². The predicted octanol–water partition coefficient (Wildman–Crippen LogP) is 20.5. The second-order valence-corrected chi connectivity index (χ2v) is 23.1. The topological polar surface area (TPSA) is 134 Å². The number of unbranched alkanes of at least 4 members (excludes halogenated alkanes) is 40. The number of carbonyl (C=O) groups excluding carboxylic acids is 2. The second kappa shape index (κ2) is 61.2. The van der Waals surface area contributed by atoms with Crippen LogP contribution in [-0.4, -0.2) is 49.3 Å². The van der Waals surface area contributed by atoms with Crippen LogP contribution in [0.1, 0.15) is 322 Å². The summed E-state index contributed by atoms with van der Waals surface area (Å²) in [5, 5.41) is 0. The predicted molar refractivity (Wildman–Crippen MR) is 321 cm³/mol. The van der Waals surface area contributed by atoms with Crippen molar-refractivity contribution in [3.8, 4) is 0 Å². The van der Waals surface area contributed by atoms with Crippen molar-refractivity contribution in [1.29, 1.82) is 0 Å². The molecular formula is C65H122NO8P. The molecule has 0 saturated carbocycles. The molecule has 0 aliphatic rings. The Hall–Kier alpha value is -2.03. The molecule has 2 unspecified atom stereocenters. The first-order chi connectivity index (χ1) is 36.8. The Morgan fingerprint density at radius 2 is 0.720 bits per heavy atom. The van der Waals surface area contributed by atoms with E-state index >= 15 is 0 Å². The summed E-state index contributed by atoms with van der Waals surface area (Å²) in [5.74, 6) is -0.833. The number of phosphoric ester groups is 1. The van der Waals surface area contributed by atoms with E-state index in [1.807, 2.05) is 0 Å². The van der Waals surface area contributed by atoms with Crippen molar-refractivity contribution in [2.45, 2.75) is 328 Å². The first kappa shape index (κ1) is 73.0. The Balaban J connectivity index is 3.70. The normalized spacial score (nSPS) is 13.3. The highest BCUT2D eigenvalue weighted by atomic mass is 31.2. The summed E-state index contributed by atoms with van der Waals surface area (Å²) in [4.78, 5) is 35.1. The largest absolute Gasteiger partial charge is 0.472 e. The molecule has 0 fully saturated rings. The fourth-order valence-corrected chi connectivity index (χ4v) is 10.2. The van der Waals surface area contributed by atoms with E-state index in [9.17, 15) is 19.0 Å². The maximum atomic E-state index is 12.7. The molecule has 0 radical (unpaired) electrons. The summed E-state index contributed by atoms with van der Waals surface area (Å²) >= 11 is 0. The van der Waals surface area contributed by atoms with E-state index in [1.165, 1.54) is 218 Å². The van der Waals surface area contributed by atoms with Gasteiger partial charge in [0.15, 0.2) is 6.10 Å². The lowest BCUT2D eigenvalue weighted by Crippen LogP contribution is -2.29. The fourth-order valence-electron chi connectivity index (χ4n) is 9.41. The number of hydrogen-bond donors (Lipinski definition) is 2. The number of esters is 2. The van der Waals surface area contributed by atoms with E-state index in [0.717, 1.165) is 70.6 Å². The van der Waals surface area contributed by atoms with Gasteiger partial charge in [-0.05, 0) is 70.6 Å². The number of nitrogens with two attached hydrogens (primary N) is 1. The molecule has 3 N–H and O–H groups in total. The quantitative estimate of drug-likeness (QED) is 0.0264. The third-order valence-corrected chi connectivity index (χ3v) is 15.2. The van der Waals surface area contributed by atoms with Gasteiger partial charge in [0.1, 0.15) is 6.61 Å². The Morgan fingerprint density at radius 1 is 0.400 bits per heavy atom. The van der Waals surface area contributed by atoms with Gasteiger partial charge in [-0.2, -0.15) is 0 Å². The van der Waals surface area contributed by atoms with Crippen molar-refractivity contribution >= 4 is 19.8 Å². The summed E-state index contributed by atoms with van der Waals surface area (Å²) in [6, 6.07) is 0. The van der Waals surface area contributed by atoms with Gasteiger partial charge in [-0.15, -0.1) is 0 Å². The smallest absolute Gasteiger partial charge is 0.462 e. The molecule has 0 aliphatic carbocycles. The number of ether oxygens (including phenoxy) is 2. The summed E-state index contributed by atoms with van der Waals surface area (Å²) in [7, 11) is -4.39. The Labute approximate surface area is 464 Å². The van der Waals surface area contributed by atoms with Crippen molar-refractivity contribution in [3.05, 3.63) is 48.6 Å². The molecule has 75 heavy (non-hydrogen) atoms. The molecule has 0 saturated heterocycles. The molecule has 0 bridgehead atoms. The molecule has 440 valence electrons. The molecule has 0 aromatic rings. The van der Waals surface area contributed by atoms with Crippen molar-refractivity contribution in [3.63, 3.8) is 0 Å². The highest BCUT2D eigenvalue weighted by Crippen LogP contribution is 2.43. The number of carbonyl (C=O) groups is 2. The van der Waals surface area contributed by atoms with Crippen LogP contribution in [0.15, 0.2) is 48.6 Å². The molecule has 0 spiro atoms. The van der Waals surface area contributed by atoms with Crippen LogP contribution in [0.2, 0.25) is 0 Å². The summed E-state index contributed by atoms with van der Waals surface area (Å²) in [6.45, 7) is 3.68. The monoisotopic (exact) mass is 1080 g/mol. The lowest BCUT2D eigenvalue weighted by Gasteiger charge is -2.19. The van der Waals surface area contributed by atoms with Gasteiger partial charge in [0, 0.05) is 19.4 Å². The van der Waals surface area contributed by atoms with Gasteiger partial charge in [-0.1, -0.05) is 287 Å². The molecular weight excluding hydrogens is 954 g/mol. The molecule has 2 atom stereocenters. The highest BCUT2D eigenvalue weighted by molar-refractivity contribution is 7.47. The average molecular weight is 1080 g/mol. The lowest BCUT2D eigenvalue weighted by molar-refractivity contribution is -0.161. The third-order valence-electron chi connectivity index (χ3n) is 14.2. The van der Waals surface area contributed by atoms with Crippen LogP contribution in [0.25, 0.3) is 0 Å². The van der Waals surface area contributed by atoms with Crippen LogP contribution >= 0.6 is 7.82 Å². The standard InChI is InChI=1S/C65H122NO8P/c1-3-5-7-9-11-13-15-17-18-19-20-21-22-23-24-25-26-27-28-29-30-31-32-33-34-35-36-37-38-39-40-41-42-43-44-46-48-50-52-54-56-58-65(68)74-63(62-73-75(69,70)72-60-59-66)61-71-64(67)57-55-53-51-49-47-45-16-14-12-10-8-6-4-2/h8,10,14-17,19-20,63H,3-7,9,11-13,18,21-62,66H2,1-2H3,(H,69,70)/b10-8-,16-14-,17-15-,20-19-. The van der Waals surface area contributed by atoms with E-state index in [0.29, 0.717) is 6.42 Å². The molecule has 0 rings (SSSR count). The first-order valence-electron chi connectivity index (χ1n) is 32.1. The molecule has 10 heteroatoms. The van der Waals surface area contributed by atoms with Gasteiger partial charge in [0.2, 0.25) is 0 Å². The van der Waals surface area contributed by atoms with Gasteiger partial charge < -0.3 is 20.1 Å². The molecule has 9 nitrogen and oxygen atoms in total. The maximum Gasteiger partial charge on any atom is 0.472 e. The first-order valence-corrected chi connectivity index (χ1v) is 33.6. The minimum Gasteiger partial charge on any atom is -0.462 e. The number of allylic oxidation sites excluding steroid dienone is 8. The van der Waals surface area contributed by atoms with Crippen molar-refractivity contribution in [1.82, 2.24) is 0 Å². The van der Waals surface area contributed by atoms with Gasteiger partial charge >= 0.3 is 19.8 Å². The average Bonchev–Trinajstić information content (AvgIpc) is 3.40. The minimum atomic E-state index is -4.39.